The molecule has 32 heavy (non-hydrogen) atoms. The molecule has 6 heteroatoms. The third-order valence-electron chi connectivity index (χ3n) is 5.47. The number of benzene rings is 3. The first kappa shape index (κ1) is 21.3. The molecule has 3 aromatic carbocycles. The highest BCUT2D eigenvalue weighted by Crippen LogP contribution is 2.34. The van der Waals surface area contributed by atoms with Crippen molar-refractivity contribution in [2.24, 2.45) is 0 Å². The van der Waals surface area contributed by atoms with E-state index in [4.69, 9.17) is 0 Å². The molecule has 0 aliphatic carbocycles. The fourth-order valence-electron chi connectivity index (χ4n) is 3.63. The highest BCUT2D eigenvalue weighted by molar-refractivity contribution is 6.46. The molecule has 1 heterocycles. The van der Waals surface area contributed by atoms with Gasteiger partial charge in [0.25, 0.3) is 11.8 Å². The molecule has 0 radical (unpaired) electrons. The van der Waals surface area contributed by atoms with Crippen molar-refractivity contribution in [3.8, 4) is 0 Å². The molecule has 0 atom stereocenters. The number of carbonyl (C=O) groups excluding carboxylic acids is 2. The average Bonchev–Trinajstić information content (AvgIpc) is 3.04. The molecule has 0 saturated carbocycles. The summed E-state index contributed by atoms with van der Waals surface area (Å²) < 4.78 is 13.5. The van der Waals surface area contributed by atoms with Crippen molar-refractivity contribution in [2.75, 3.05) is 29.2 Å². The van der Waals surface area contributed by atoms with Crippen LogP contribution >= 0.6 is 0 Å². The zero-order valence-electron chi connectivity index (χ0n) is 18.2. The van der Waals surface area contributed by atoms with Gasteiger partial charge in [0.2, 0.25) is 0 Å². The predicted molar refractivity (Wildman–Crippen MR) is 126 cm³/mol. The van der Waals surface area contributed by atoms with Crippen LogP contribution in [-0.2, 0) is 16.0 Å². The molecule has 0 saturated heterocycles. The van der Waals surface area contributed by atoms with Gasteiger partial charge in [0, 0.05) is 25.5 Å². The van der Waals surface area contributed by atoms with Gasteiger partial charge in [-0.15, -0.1) is 0 Å². The Hall–Kier alpha value is -3.93. The van der Waals surface area contributed by atoms with Crippen LogP contribution in [0.3, 0.4) is 0 Å². The van der Waals surface area contributed by atoms with Crippen molar-refractivity contribution in [3.05, 3.63) is 95.4 Å². The second kappa shape index (κ2) is 8.67. The Bertz CT molecular complexity index is 1180. The summed E-state index contributed by atoms with van der Waals surface area (Å²) in [6.45, 7) is 2.07. The third-order valence-corrected chi connectivity index (χ3v) is 5.47. The lowest BCUT2D eigenvalue weighted by atomic mass is 10.0. The van der Waals surface area contributed by atoms with Crippen LogP contribution in [0.25, 0.3) is 5.57 Å². The van der Waals surface area contributed by atoms with E-state index in [1.807, 2.05) is 55.4 Å². The largest absolute Gasteiger partial charge is 0.378 e. The minimum absolute atomic E-state index is 0.169. The lowest BCUT2D eigenvalue weighted by Crippen LogP contribution is -2.32. The van der Waals surface area contributed by atoms with Gasteiger partial charge in [-0.1, -0.05) is 31.2 Å². The Morgan fingerprint density at radius 2 is 1.47 bits per heavy atom. The Balaban J connectivity index is 1.76. The van der Waals surface area contributed by atoms with Crippen molar-refractivity contribution < 1.29 is 14.0 Å². The van der Waals surface area contributed by atoms with Crippen LogP contribution in [0, 0.1) is 5.82 Å². The summed E-state index contributed by atoms with van der Waals surface area (Å²) in [4.78, 5) is 29.9. The van der Waals surface area contributed by atoms with E-state index in [0.29, 0.717) is 16.9 Å². The van der Waals surface area contributed by atoms with Crippen molar-refractivity contribution in [1.29, 1.82) is 0 Å². The highest BCUT2D eigenvalue weighted by atomic mass is 19.1. The van der Waals surface area contributed by atoms with Crippen molar-refractivity contribution in [2.45, 2.75) is 13.3 Å². The molecule has 0 aromatic heterocycles. The smallest absolute Gasteiger partial charge is 0.282 e. The minimum Gasteiger partial charge on any atom is -0.378 e. The van der Waals surface area contributed by atoms with Crippen molar-refractivity contribution >= 4 is 34.4 Å². The van der Waals surface area contributed by atoms with Gasteiger partial charge in [0.05, 0.1) is 11.3 Å². The normalized spacial score (nSPS) is 13.7. The Morgan fingerprint density at radius 1 is 0.844 bits per heavy atom. The highest BCUT2D eigenvalue weighted by Gasteiger charge is 2.40. The predicted octanol–water partition coefficient (Wildman–Crippen LogP) is 4.85. The summed E-state index contributed by atoms with van der Waals surface area (Å²) in [6.07, 6.45) is 0.901. The summed E-state index contributed by atoms with van der Waals surface area (Å²) in [5, 5.41) is 3.13. The lowest BCUT2D eigenvalue weighted by molar-refractivity contribution is -0.120. The molecule has 0 fully saturated rings. The van der Waals surface area contributed by atoms with Crippen LogP contribution < -0.4 is 15.1 Å². The molecule has 162 valence electrons. The summed E-state index contributed by atoms with van der Waals surface area (Å²) >= 11 is 0. The number of amides is 2. The van der Waals surface area contributed by atoms with Gasteiger partial charge >= 0.3 is 0 Å². The lowest BCUT2D eigenvalue weighted by Gasteiger charge is -2.18. The van der Waals surface area contributed by atoms with Crippen LogP contribution in [-0.4, -0.2) is 25.9 Å². The molecule has 1 aliphatic rings. The Morgan fingerprint density at radius 3 is 2.03 bits per heavy atom. The first-order valence-electron chi connectivity index (χ1n) is 10.4. The zero-order chi connectivity index (χ0) is 22.8. The van der Waals surface area contributed by atoms with E-state index < -0.39 is 17.6 Å². The standard InChI is InChI=1S/C26H24FN3O2/c1-4-17-5-11-20(12-6-17)28-24-23(18-7-9-19(27)10-8-18)25(31)30(26(24)32)22-15-13-21(14-16-22)29(2)3/h5-16,28H,4H2,1-3H3. The van der Waals surface area contributed by atoms with Crippen LogP contribution in [0.4, 0.5) is 21.5 Å². The first-order valence-corrected chi connectivity index (χ1v) is 10.4. The van der Waals surface area contributed by atoms with Gasteiger partial charge in [-0.2, -0.15) is 0 Å². The van der Waals surface area contributed by atoms with Gasteiger partial charge in [0.15, 0.2) is 0 Å². The van der Waals surface area contributed by atoms with Crippen LogP contribution in [0.15, 0.2) is 78.5 Å². The van der Waals surface area contributed by atoms with Crippen molar-refractivity contribution in [1.82, 2.24) is 0 Å². The van der Waals surface area contributed by atoms with Crippen LogP contribution in [0.1, 0.15) is 18.1 Å². The fraction of sp³-hybridized carbons (Fsp3) is 0.154. The zero-order valence-corrected chi connectivity index (χ0v) is 18.2. The van der Waals surface area contributed by atoms with Gasteiger partial charge in [-0.3, -0.25) is 9.59 Å². The summed E-state index contributed by atoms with van der Waals surface area (Å²) in [5.74, 6) is -1.31. The number of nitrogens with zero attached hydrogens (tertiary/aromatic N) is 2. The number of anilines is 3. The van der Waals surface area contributed by atoms with E-state index in [1.54, 1.807) is 12.1 Å². The van der Waals surface area contributed by atoms with Gasteiger partial charge < -0.3 is 10.2 Å². The number of carbonyl (C=O) groups is 2. The van der Waals surface area contributed by atoms with Gasteiger partial charge in [-0.05, 0) is 66.1 Å². The van der Waals surface area contributed by atoms with Crippen molar-refractivity contribution in [3.63, 3.8) is 0 Å². The molecule has 0 unspecified atom stereocenters. The number of aryl methyl sites for hydroxylation is 1. The molecule has 3 aromatic rings. The second-order valence-electron chi connectivity index (χ2n) is 7.79. The second-order valence-corrected chi connectivity index (χ2v) is 7.79. The topological polar surface area (TPSA) is 52.7 Å². The average molecular weight is 429 g/mol. The van der Waals surface area contributed by atoms with E-state index in [9.17, 15) is 14.0 Å². The number of hydrogen-bond acceptors (Lipinski definition) is 4. The van der Waals surface area contributed by atoms with Crippen LogP contribution in [0.2, 0.25) is 0 Å². The molecular weight excluding hydrogens is 405 g/mol. The summed E-state index contributed by atoms with van der Waals surface area (Å²) in [7, 11) is 3.84. The number of hydrogen-bond donors (Lipinski definition) is 1. The van der Waals surface area contributed by atoms with E-state index in [2.05, 4.69) is 12.2 Å². The van der Waals surface area contributed by atoms with E-state index in [0.717, 1.165) is 17.0 Å². The van der Waals surface area contributed by atoms with Crippen LogP contribution in [0.5, 0.6) is 0 Å². The molecule has 4 rings (SSSR count). The maximum absolute atomic E-state index is 13.5. The molecule has 1 aliphatic heterocycles. The SMILES string of the molecule is CCc1ccc(NC2=C(c3ccc(F)cc3)C(=O)N(c3ccc(N(C)C)cc3)C2=O)cc1. The number of nitrogens with one attached hydrogen (secondary N) is 1. The van der Waals surface area contributed by atoms with E-state index in [1.165, 1.54) is 29.8 Å². The Kier molecular flexibility index (Phi) is 5.77. The molecule has 2 amide bonds. The first-order chi connectivity index (χ1) is 15.4. The monoisotopic (exact) mass is 429 g/mol. The summed E-state index contributed by atoms with van der Waals surface area (Å²) in [6, 6.07) is 20.5. The molecule has 5 nitrogen and oxygen atoms in total. The van der Waals surface area contributed by atoms with Gasteiger partial charge in [-0.25, -0.2) is 9.29 Å². The van der Waals surface area contributed by atoms with Gasteiger partial charge in [0.1, 0.15) is 11.5 Å². The maximum Gasteiger partial charge on any atom is 0.282 e. The molecular formula is C26H24FN3O2. The quantitative estimate of drug-likeness (QED) is 0.569. The molecule has 1 N–H and O–H groups in total. The van der Waals surface area contributed by atoms with E-state index >= 15 is 0 Å². The number of halogens is 1. The minimum atomic E-state index is -0.452. The molecule has 0 spiro atoms. The van der Waals surface area contributed by atoms with E-state index in [-0.39, 0.29) is 11.3 Å². The molecule has 0 bridgehead atoms. The summed E-state index contributed by atoms with van der Waals surface area (Å²) in [5.41, 5.74) is 4.15. The Labute approximate surface area is 186 Å². The third kappa shape index (κ3) is 3.99. The number of imide groups is 1. The fourth-order valence-corrected chi connectivity index (χ4v) is 3.63. The number of rotatable bonds is 6. The maximum atomic E-state index is 13.5.